The zero-order valence-corrected chi connectivity index (χ0v) is 12.7. The summed E-state index contributed by atoms with van der Waals surface area (Å²) < 4.78 is 6.67. The van der Waals surface area contributed by atoms with Crippen LogP contribution < -0.4 is 0 Å². The fourth-order valence-electron chi connectivity index (χ4n) is 2.32. The van der Waals surface area contributed by atoms with E-state index in [-0.39, 0.29) is 12.1 Å². The molecule has 1 heterocycles. The molecule has 1 unspecified atom stereocenters. The van der Waals surface area contributed by atoms with E-state index in [0.717, 1.165) is 11.2 Å². The number of rotatable bonds is 3. The number of ether oxygens (including phenoxy) is 1. The first kappa shape index (κ1) is 15.1. The van der Waals surface area contributed by atoms with E-state index in [9.17, 15) is 9.70 Å². The Kier molecular flexibility index (Phi) is 3.63. The summed E-state index contributed by atoms with van der Waals surface area (Å²) in [5.41, 5.74) is -1.63. The molecule has 0 bridgehead atoms. The second-order valence-corrected chi connectivity index (χ2v) is 7.10. The van der Waals surface area contributed by atoms with Crippen LogP contribution in [-0.4, -0.2) is 27.9 Å². The van der Waals surface area contributed by atoms with Crippen molar-refractivity contribution in [1.29, 1.82) is 0 Å². The first-order valence-electron chi connectivity index (χ1n) is 6.63. The summed E-state index contributed by atoms with van der Waals surface area (Å²) in [4.78, 5) is 24.3. The van der Waals surface area contributed by atoms with E-state index in [4.69, 9.17) is 4.74 Å². The van der Waals surface area contributed by atoms with Gasteiger partial charge < -0.3 is 4.74 Å². The number of hydrogen-bond donors (Lipinski definition) is 0. The molecule has 0 aromatic rings. The molecule has 1 aliphatic rings. The van der Waals surface area contributed by atoms with E-state index in [2.05, 4.69) is 0 Å². The van der Waals surface area contributed by atoms with E-state index in [1.165, 1.54) is 0 Å². The summed E-state index contributed by atoms with van der Waals surface area (Å²) in [5, 5.41) is 0. The minimum Gasteiger partial charge on any atom is -0.454 e. The molecule has 1 saturated heterocycles. The third kappa shape index (κ3) is 2.43. The molecular formula is C14H26NO3+. The van der Waals surface area contributed by atoms with Crippen LogP contribution in [0.5, 0.6) is 0 Å². The van der Waals surface area contributed by atoms with Gasteiger partial charge in [-0.25, -0.2) is 0 Å². The molecule has 0 saturated carbocycles. The van der Waals surface area contributed by atoms with Crippen LogP contribution in [0.3, 0.4) is 0 Å². The summed E-state index contributed by atoms with van der Waals surface area (Å²) in [7, 11) is 0. The third-order valence-corrected chi connectivity index (χ3v) is 4.23. The van der Waals surface area contributed by atoms with Crippen molar-refractivity contribution in [3.05, 3.63) is 4.91 Å². The maximum Gasteiger partial charge on any atom is 0.312 e. The predicted octanol–water partition coefficient (Wildman–Crippen LogP) is 3.07. The Morgan fingerprint density at radius 3 is 2.17 bits per heavy atom. The largest absolute Gasteiger partial charge is 0.454 e. The smallest absolute Gasteiger partial charge is 0.312 e. The lowest BCUT2D eigenvalue weighted by atomic mass is 9.90. The van der Waals surface area contributed by atoms with E-state index in [1.54, 1.807) is 0 Å². The summed E-state index contributed by atoms with van der Waals surface area (Å²) in [6.07, 6.45) is 0.960. The SMILES string of the molecule is CCC(C)(C)C(=O)OC1CC(C)(C)[N+](=O)C1(C)C. The Morgan fingerprint density at radius 2 is 1.83 bits per heavy atom. The lowest BCUT2D eigenvalue weighted by Gasteiger charge is -2.25. The highest BCUT2D eigenvalue weighted by Gasteiger charge is 2.62. The average Bonchev–Trinajstić information content (AvgIpc) is 2.39. The number of hydrogen-bond acceptors (Lipinski definition) is 3. The van der Waals surface area contributed by atoms with Crippen LogP contribution in [-0.2, 0) is 9.53 Å². The lowest BCUT2D eigenvalue weighted by molar-refractivity contribution is -0.661. The van der Waals surface area contributed by atoms with Gasteiger partial charge in [-0.05, 0) is 20.3 Å². The Bertz CT molecular complexity index is 369. The van der Waals surface area contributed by atoms with Crippen molar-refractivity contribution in [1.82, 2.24) is 0 Å². The average molecular weight is 256 g/mol. The number of carbonyl (C=O) groups is 1. The minimum atomic E-state index is -0.664. The molecule has 0 radical (unpaired) electrons. The Morgan fingerprint density at radius 1 is 1.33 bits per heavy atom. The topological polar surface area (TPSA) is 46.4 Å². The zero-order valence-electron chi connectivity index (χ0n) is 12.7. The molecule has 4 heteroatoms. The van der Waals surface area contributed by atoms with Crippen molar-refractivity contribution < 1.29 is 14.3 Å². The van der Waals surface area contributed by atoms with Crippen LogP contribution in [0.15, 0.2) is 0 Å². The van der Waals surface area contributed by atoms with Crippen LogP contribution >= 0.6 is 0 Å². The first-order chi connectivity index (χ1) is 7.95. The number of esters is 1. The van der Waals surface area contributed by atoms with E-state index in [0.29, 0.717) is 6.42 Å². The van der Waals surface area contributed by atoms with Crippen LogP contribution in [0.25, 0.3) is 0 Å². The summed E-state index contributed by atoms with van der Waals surface area (Å²) >= 11 is 0. The second-order valence-electron chi connectivity index (χ2n) is 7.10. The van der Waals surface area contributed by atoms with Gasteiger partial charge in [0.2, 0.25) is 11.1 Å². The molecule has 104 valence electrons. The van der Waals surface area contributed by atoms with E-state index >= 15 is 0 Å². The zero-order chi connectivity index (χ0) is 14.4. The molecule has 0 N–H and O–H groups in total. The fourth-order valence-corrected chi connectivity index (χ4v) is 2.32. The van der Waals surface area contributed by atoms with Crippen molar-refractivity contribution in [2.24, 2.45) is 5.41 Å². The van der Waals surface area contributed by atoms with Crippen LogP contribution in [0.4, 0.5) is 0 Å². The van der Waals surface area contributed by atoms with Gasteiger partial charge in [0, 0.05) is 37.4 Å². The van der Waals surface area contributed by atoms with Gasteiger partial charge >= 0.3 is 5.97 Å². The Balaban J connectivity index is 2.88. The monoisotopic (exact) mass is 256 g/mol. The van der Waals surface area contributed by atoms with Gasteiger partial charge in [0.25, 0.3) is 0 Å². The highest BCUT2D eigenvalue weighted by molar-refractivity contribution is 5.76. The van der Waals surface area contributed by atoms with E-state index in [1.807, 2.05) is 48.5 Å². The van der Waals surface area contributed by atoms with Gasteiger partial charge in [-0.1, -0.05) is 6.92 Å². The molecule has 18 heavy (non-hydrogen) atoms. The van der Waals surface area contributed by atoms with Gasteiger partial charge in [-0.3, -0.25) is 4.79 Å². The van der Waals surface area contributed by atoms with Crippen molar-refractivity contribution >= 4 is 5.97 Å². The van der Waals surface area contributed by atoms with Gasteiger partial charge in [0.1, 0.15) is 0 Å². The quantitative estimate of drug-likeness (QED) is 0.576. The Labute approximate surface area is 110 Å². The second kappa shape index (κ2) is 4.32. The molecule has 0 aromatic carbocycles. The number of nitrogens with zero attached hydrogens (tertiary/aromatic N) is 1. The predicted molar refractivity (Wildman–Crippen MR) is 70.4 cm³/mol. The highest BCUT2D eigenvalue weighted by Crippen LogP contribution is 2.39. The molecule has 0 aliphatic carbocycles. The van der Waals surface area contributed by atoms with Crippen molar-refractivity contribution in [2.45, 2.75) is 78.5 Å². The van der Waals surface area contributed by atoms with E-state index < -0.39 is 16.5 Å². The molecule has 4 nitrogen and oxygen atoms in total. The molecule has 0 aromatic heterocycles. The maximum absolute atomic E-state index is 12.2. The molecule has 0 amide bonds. The molecule has 0 spiro atoms. The van der Waals surface area contributed by atoms with Crippen LogP contribution in [0, 0.1) is 10.3 Å². The normalized spacial score (nSPS) is 26.2. The lowest BCUT2D eigenvalue weighted by Crippen LogP contribution is -2.44. The van der Waals surface area contributed by atoms with Gasteiger partial charge in [0.05, 0.1) is 11.8 Å². The molecule has 1 fully saturated rings. The molecular weight excluding hydrogens is 230 g/mol. The summed E-state index contributed by atoms with van der Waals surface area (Å²) in [5.74, 6) is -0.214. The number of carbonyl (C=O) groups excluding carboxylic acids is 1. The minimum absolute atomic E-state index is 0.214. The van der Waals surface area contributed by atoms with Gasteiger partial charge in [-0.15, -0.1) is 0 Å². The molecule has 1 aliphatic heterocycles. The number of nitroso groups, excluding NO2 is 1. The maximum atomic E-state index is 12.2. The highest BCUT2D eigenvalue weighted by atomic mass is 16.5. The van der Waals surface area contributed by atoms with Crippen LogP contribution in [0.1, 0.15) is 61.3 Å². The van der Waals surface area contributed by atoms with Crippen molar-refractivity contribution in [3.63, 3.8) is 0 Å². The van der Waals surface area contributed by atoms with Crippen molar-refractivity contribution in [2.75, 3.05) is 0 Å². The van der Waals surface area contributed by atoms with Gasteiger partial charge in [0.15, 0.2) is 6.10 Å². The molecule has 1 rings (SSSR count). The van der Waals surface area contributed by atoms with Gasteiger partial charge in [-0.2, -0.15) is 0 Å². The summed E-state index contributed by atoms with van der Waals surface area (Å²) in [6.45, 7) is 13.2. The molecule has 1 atom stereocenters. The Hall–Kier alpha value is -0.930. The summed E-state index contributed by atoms with van der Waals surface area (Å²) in [6, 6.07) is 0. The fraction of sp³-hybridized carbons (Fsp3) is 0.929. The standard InChI is InChI=1S/C14H26NO3/c1-8-12(2,3)11(16)18-10-9-13(4,5)15(17)14(10,6)7/h10H,8-9H2,1-7H3/q+1. The third-order valence-electron chi connectivity index (χ3n) is 4.23. The van der Waals surface area contributed by atoms with Crippen molar-refractivity contribution in [3.8, 4) is 0 Å². The van der Waals surface area contributed by atoms with Crippen LogP contribution in [0.2, 0.25) is 0 Å². The first-order valence-corrected chi connectivity index (χ1v) is 6.63.